The fraction of sp³-hybridized carbons (Fsp3) is 0.200. The van der Waals surface area contributed by atoms with Gasteiger partial charge in [-0.1, -0.05) is 42.5 Å². The Morgan fingerprint density at radius 1 is 1.33 bits per heavy atom. The lowest BCUT2D eigenvalue weighted by Gasteiger charge is -2.13. The van der Waals surface area contributed by atoms with Crippen molar-refractivity contribution in [1.82, 2.24) is 0 Å². The summed E-state index contributed by atoms with van der Waals surface area (Å²) in [5.74, 6) is 0. The van der Waals surface area contributed by atoms with E-state index in [1.807, 2.05) is 30.4 Å². The van der Waals surface area contributed by atoms with Crippen molar-refractivity contribution < 1.29 is 0 Å². The quantitative estimate of drug-likeness (QED) is 0.625. The number of alkyl halides is 1. The number of nitrogens with two attached hydrogens (primary N) is 1. The second-order valence-corrected chi connectivity index (χ2v) is 5.15. The predicted molar refractivity (Wildman–Crippen MR) is 78.9 cm³/mol. The van der Waals surface area contributed by atoms with E-state index in [0.717, 1.165) is 34.7 Å². The van der Waals surface area contributed by atoms with Crippen molar-refractivity contribution in [2.45, 2.75) is 18.2 Å². The molecule has 0 bridgehead atoms. The molecule has 0 amide bonds. The summed E-state index contributed by atoms with van der Waals surface area (Å²) in [4.78, 5) is 0. The van der Waals surface area contributed by atoms with Crippen molar-refractivity contribution >= 4 is 23.2 Å². The predicted octanol–water partition coefficient (Wildman–Crippen LogP) is 4.52. The Balaban J connectivity index is 2.43. The summed E-state index contributed by atoms with van der Waals surface area (Å²) in [5.41, 5.74) is 10.2. The molecule has 0 spiro atoms. The molecule has 3 heteroatoms. The van der Waals surface area contributed by atoms with Gasteiger partial charge in [0.2, 0.25) is 0 Å². The minimum absolute atomic E-state index is 0.288. The highest BCUT2D eigenvalue weighted by Gasteiger charge is 2.21. The first-order valence-corrected chi connectivity index (χ1v) is 6.65. The van der Waals surface area contributed by atoms with E-state index >= 15 is 0 Å². The molecule has 0 heterocycles. The molecule has 0 radical (unpaired) electrons. The first-order valence-electron chi connectivity index (χ1n) is 5.83. The third kappa shape index (κ3) is 2.63. The molecule has 18 heavy (non-hydrogen) atoms. The number of rotatable bonds is 2. The van der Waals surface area contributed by atoms with Gasteiger partial charge in [0.15, 0.2) is 0 Å². The number of halogens is 2. The summed E-state index contributed by atoms with van der Waals surface area (Å²) in [7, 11) is 0. The summed E-state index contributed by atoms with van der Waals surface area (Å²) in [6, 6.07) is 5.79. The maximum absolute atomic E-state index is 6.44. The van der Waals surface area contributed by atoms with Gasteiger partial charge in [0, 0.05) is 10.7 Å². The van der Waals surface area contributed by atoms with Crippen molar-refractivity contribution in [3.05, 3.63) is 70.4 Å². The van der Waals surface area contributed by atoms with Crippen molar-refractivity contribution in [3.63, 3.8) is 0 Å². The van der Waals surface area contributed by atoms with E-state index in [1.54, 1.807) is 6.08 Å². The molecule has 1 nitrogen and oxygen atoms in total. The Morgan fingerprint density at radius 2 is 2.11 bits per heavy atom. The third-order valence-electron chi connectivity index (χ3n) is 3.12. The van der Waals surface area contributed by atoms with Gasteiger partial charge in [0.25, 0.3) is 0 Å². The Morgan fingerprint density at radius 3 is 2.83 bits per heavy atom. The summed E-state index contributed by atoms with van der Waals surface area (Å²) < 4.78 is 0. The van der Waals surface area contributed by atoms with Crippen LogP contribution in [0.15, 0.2) is 54.3 Å². The van der Waals surface area contributed by atoms with Gasteiger partial charge in [0.05, 0.1) is 5.38 Å². The van der Waals surface area contributed by atoms with Crippen LogP contribution in [0.2, 0.25) is 5.02 Å². The van der Waals surface area contributed by atoms with Crippen LogP contribution in [0.5, 0.6) is 0 Å². The van der Waals surface area contributed by atoms with Gasteiger partial charge >= 0.3 is 0 Å². The average Bonchev–Trinajstić information content (AvgIpc) is 2.47. The standard InChI is InChI=1S/C15H15Cl2N/c1-2-3-4-10-5-6-11-9-12(16)7-8-13(11)14(17)15(10)18/h2-4,7-9,14H,1,5-6,18H2/b4-3-. The van der Waals surface area contributed by atoms with Gasteiger partial charge in [-0.05, 0) is 41.7 Å². The van der Waals surface area contributed by atoms with Crippen LogP contribution in [0.3, 0.4) is 0 Å². The molecule has 0 aromatic heterocycles. The van der Waals surface area contributed by atoms with Crippen LogP contribution < -0.4 is 5.73 Å². The Hall–Kier alpha value is -1.18. The highest BCUT2D eigenvalue weighted by Crippen LogP contribution is 2.36. The zero-order chi connectivity index (χ0) is 13.1. The van der Waals surface area contributed by atoms with Gasteiger partial charge in [-0.15, -0.1) is 11.6 Å². The van der Waals surface area contributed by atoms with E-state index in [1.165, 1.54) is 5.56 Å². The summed E-state index contributed by atoms with van der Waals surface area (Å²) in [6.07, 6.45) is 7.36. The van der Waals surface area contributed by atoms with Crippen molar-refractivity contribution in [1.29, 1.82) is 0 Å². The molecule has 0 saturated carbocycles. The summed E-state index contributed by atoms with van der Waals surface area (Å²) >= 11 is 12.5. The Bertz CT molecular complexity index is 529. The SMILES string of the molecule is C=C/C=C\C1=C(N)C(Cl)c2ccc(Cl)cc2CC1. The van der Waals surface area contributed by atoms with E-state index < -0.39 is 0 Å². The molecule has 94 valence electrons. The number of hydrogen-bond donors (Lipinski definition) is 1. The fourth-order valence-corrected chi connectivity index (χ4v) is 2.69. The normalized spacial score (nSPS) is 19.8. The smallest absolute Gasteiger partial charge is 0.0984 e. The maximum atomic E-state index is 6.44. The number of fused-ring (bicyclic) bond motifs is 1. The Labute approximate surface area is 118 Å². The van der Waals surface area contributed by atoms with Crippen LogP contribution in [0.25, 0.3) is 0 Å². The van der Waals surface area contributed by atoms with Crippen LogP contribution >= 0.6 is 23.2 Å². The molecular formula is C15H15Cl2N. The lowest BCUT2D eigenvalue weighted by atomic mass is 10.0. The van der Waals surface area contributed by atoms with E-state index in [9.17, 15) is 0 Å². The van der Waals surface area contributed by atoms with E-state index in [4.69, 9.17) is 28.9 Å². The van der Waals surface area contributed by atoms with Crippen LogP contribution in [0.1, 0.15) is 22.9 Å². The molecular weight excluding hydrogens is 265 g/mol. The second-order valence-electron chi connectivity index (χ2n) is 4.28. The molecule has 1 aliphatic rings. The molecule has 1 atom stereocenters. The Kier molecular flexibility index (Phi) is 4.15. The molecule has 0 saturated heterocycles. The van der Waals surface area contributed by atoms with Crippen molar-refractivity contribution in [2.24, 2.45) is 5.73 Å². The van der Waals surface area contributed by atoms with Gasteiger partial charge in [-0.3, -0.25) is 0 Å². The maximum Gasteiger partial charge on any atom is 0.0984 e. The van der Waals surface area contributed by atoms with Crippen LogP contribution in [-0.4, -0.2) is 0 Å². The monoisotopic (exact) mass is 279 g/mol. The molecule has 1 aromatic rings. The molecule has 1 unspecified atom stereocenters. The minimum Gasteiger partial charge on any atom is -0.400 e. The van der Waals surface area contributed by atoms with Crippen molar-refractivity contribution in [3.8, 4) is 0 Å². The summed E-state index contributed by atoms with van der Waals surface area (Å²) in [6.45, 7) is 3.66. The van der Waals surface area contributed by atoms with Crippen LogP contribution in [0, 0.1) is 0 Å². The van der Waals surface area contributed by atoms with E-state index in [2.05, 4.69) is 6.58 Å². The topological polar surface area (TPSA) is 26.0 Å². The zero-order valence-electron chi connectivity index (χ0n) is 10.00. The lowest BCUT2D eigenvalue weighted by Crippen LogP contribution is -2.07. The number of allylic oxidation sites excluding steroid dienone is 5. The fourth-order valence-electron chi connectivity index (χ4n) is 2.15. The number of benzene rings is 1. The van der Waals surface area contributed by atoms with Crippen LogP contribution in [-0.2, 0) is 6.42 Å². The molecule has 0 fully saturated rings. The number of hydrogen-bond acceptors (Lipinski definition) is 1. The zero-order valence-corrected chi connectivity index (χ0v) is 11.5. The second kappa shape index (κ2) is 5.64. The molecule has 2 N–H and O–H groups in total. The minimum atomic E-state index is -0.288. The van der Waals surface area contributed by atoms with Crippen molar-refractivity contribution in [2.75, 3.05) is 0 Å². The highest BCUT2D eigenvalue weighted by atomic mass is 35.5. The van der Waals surface area contributed by atoms with Gasteiger partial charge in [-0.2, -0.15) is 0 Å². The van der Waals surface area contributed by atoms with E-state index in [-0.39, 0.29) is 5.38 Å². The third-order valence-corrected chi connectivity index (χ3v) is 3.82. The molecule has 1 aromatic carbocycles. The molecule has 0 aliphatic heterocycles. The van der Waals surface area contributed by atoms with Gasteiger partial charge in [0.1, 0.15) is 0 Å². The van der Waals surface area contributed by atoms with Gasteiger partial charge < -0.3 is 5.73 Å². The summed E-state index contributed by atoms with van der Waals surface area (Å²) in [5, 5.41) is 0.450. The lowest BCUT2D eigenvalue weighted by molar-refractivity contribution is 0.962. The molecule has 1 aliphatic carbocycles. The average molecular weight is 280 g/mol. The largest absolute Gasteiger partial charge is 0.400 e. The molecule has 2 rings (SSSR count). The van der Waals surface area contributed by atoms with E-state index in [0.29, 0.717) is 0 Å². The van der Waals surface area contributed by atoms with Crippen LogP contribution in [0.4, 0.5) is 0 Å². The first-order chi connectivity index (χ1) is 8.63. The first kappa shape index (κ1) is 13.3. The highest BCUT2D eigenvalue weighted by molar-refractivity contribution is 6.30. The number of aryl methyl sites for hydroxylation is 1. The van der Waals surface area contributed by atoms with Gasteiger partial charge in [-0.25, -0.2) is 0 Å².